The lowest BCUT2D eigenvalue weighted by Crippen LogP contribution is -2.42. The van der Waals surface area contributed by atoms with Crippen LogP contribution in [0.1, 0.15) is 17.7 Å². The van der Waals surface area contributed by atoms with Crippen LogP contribution in [-0.4, -0.2) is 47.2 Å². The lowest BCUT2D eigenvalue weighted by atomic mass is 10.0. The van der Waals surface area contributed by atoms with Gasteiger partial charge in [-0.15, -0.1) is 0 Å². The van der Waals surface area contributed by atoms with Crippen molar-refractivity contribution in [2.24, 2.45) is 7.05 Å². The summed E-state index contributed by atoms with van der Waals surface area (Å²) in [5.41, 5.74) is 2.92. The van der Waals surface area contributed by atoms with Crippen molar-refractivity contribution in [1.82, 2.24) is 20.1 Å². The second-order valence-electron chi connectivity index (χ2n) is 5.72. The molecule has 2 aromatic rings. The molecule has 0 aliphatic carbocycles. The van der Waals surface area contributed by atoms with Crippen molar-refractivity contribution in [3.63, 3.8) is 0 Å². The highest BCUT2D eigenvalue weighted by atomic mass is 16.5. The molecule has 6 nitrogen and oxygen atoms in total. The molecule has 3 heterocycles. The van der Waals surface area contributed by atoms with Crippen molar-refractivity contribution in [3.8, 4) is 0 Å². The minimum absolute atomic E-state index is 0.179. The van der Waals surface area contributed by atoms with Crippen LogP contribution in [0.5, 0.6) is 0 Å². The number of hydrogen-bond acceptors (Lipinski definition) is 5. The Kier molecular flexibility index (Phi) is 3.93. The van der Waals surface area contributed by atoms with E-state index in [4.69, 9.17) is 9.47 Å². The molecule has 3 rings (SSSR count). The Balaban J connectivity index is 1.66. The van der Waals surface area contributed by atoms with E-state index in [0.29, 0.717) is 6.61 Å². The second-order valence-corrected chi connectivity index (χ2v) is 5.72. The second kappa shape index (κ2) is 5.71. The van der Waals surface area contributed by atoms with E-state index in [9.17, 15) is 0 Å². The normalized spacial score (nSPS) is 22.2. The van der Waals surface area contributed by atoms with Crippen LogP contribution in [0.2, 0.25) is 0 Å². The van der Waals surface area contributed by atoms with E-state index in [0.717, 1.165) is 48.4 Å². The fourth-order valence-corrected chi connectivity index (χ4v) is 2.84. The van der Waals surface area contributed by atoms with Crippen molar-refractivity contribution in [1.29, 1.82) is 0 Å². The van der Waals surface area contributed by atoms with E-state index >= 15 is 0 Å². The molecule has 1 aliphatic rings. The number of fused-ring (bicyclic) bond motifs is 1. The molecule has 2 aromatic heterocycles. The largest absolute Gasteiger partial charge is 0.378 e. The molecule has 1 atom stereocenters. The number of methoxy groups -OCH3 is 1. The lowest BCUT2D eigenvalue weighted by molar-refractivity contribution is -0.0159. The first-order valence-corrected chi connectivity index (χ1v) is 7.25. The number of rotatable bonds is 5. The first-order valence-electron chi connectivity index (χ1n) is 7.25. The molecular weight excluding hydrogens is 268 g/mol. The third-order valence-corrected chi connectivity index (χ3v) is 4.20. The van der Waals surface area contributed by atoms with Crippen LogP contribution in [-0.2, 0) is 23.1 Å². The highest BCUT2D eigenvalue weighted by Crippen LogP contribution is 2.22. The van der Waals surface area contributed by atoms with Crippen molar-refractivity contribution < 1.29 is 9.47 Å². The predicted molar refractivity (Wildman–Crippen MR) is 80.1 cm³/mol. The van der Waals surface area contributed by atoms with E-state index in [-0.39, 0.29) is 5.60 Å². The summed E-state index contributed by atoms with van der Waals surface area (Å²) in [4.78, 5) is 4.49. The molecule has 114 valence electrons. The molecule has 1 aliphatic heterocycles. The fourth-order valence-electron chi connectivity index (χ4n) is 2.84. The zero-order valence-electron chi connectivity index (χ0n) is 12.8. The van der Waals surface area contributed by atoms with Crippen molar-refractivity contribution >= 4 is 11.0 Å². The molecule has 1 fully saturated rings. The summed E-state index contributed by atoms with van der Waals surface area (Å²) in [5.74, 6) is 0. The topological polar surface area (TPSA) is 61.2 Å². The Labute approximate surface area is 124 Å². The van der Waals surface area contributed by atoms with Crippen LogP contribution in [0, 0.1) is 6.92 Å². The maximum atomic E-state index is 5.61. The average molecular weight is 290 g/mol. The van der Waals surface area contributed by atoms with Gasteiger partial charge in [0.05, 0.1) is 12.3 Å². The van der Waals surface area contributed by atoms with Gasteiger partial charge in [0.1, 0.15) is 5.60 Å². The van der Waals surface area contributed by atoms with Gasteiger partial charge in [-0.05, 0) is 18.6 Å². The predicted octanol–water partition coefficient (Wildman–Crippen LogP) is 1.17. The summed E-state index contributed by atoms with van der Waals surface area (Å²) in [6.45, 7) is 5.00. The Hall–Kier alpha value is -1.50. The fraction of sp³-hybridized carbons (Fsp3) is 0.600. The maximum Gasteiger partial charge on any atom is 0.157 e. The first-order chi connectivity index (χ1) is 10.1. The molecule has 0 spiro atoms. The minimum atomic E-state index is -0.179. The lowest BCUT2D eigenvalue weighted by Gasteiger charge is -2.26. The van der Waals surface area contributed by atoms with Gasteiger partial charge in [0.15, 0.2) is 5.65 Å². The van der Waals surface area contributed by atoms with Crippen LogP contribution in [0.25, 0.3) is 11.0 Å². The van der Waals surface area contributed by atoms with Gasteiger partial charge in [-0.1, -0.05) is 0 Å². The van der Waals surface area contributed by atoms with Crippen LogP contribution in [0.4, 0.5) is 0 Å². The summed E-state index contributed by atoms with van der Waals surface area (Å²) in [7, 11) is 3.67. The highest BCUT2D eigenvalue weighted by molar-refractivity contribution is 5.78. The quantitative estimate of drug-likeness (QED) is 0.896. The first kappa shape index (κ1) is 14.4. The highest BCUT2D eigenvalue weighted by Gasteiger charge is 2.34. The standard InChI is InChI=1S/C15H22N4O2/c1-11-13-6-12(8-17-14(13)19(2)18-11)7-16-9-15(20-3)4-5-21-10-15/h6,8,16H,4-5,7,9-10H2,1-3H3. The van der Waals surface area contributed by atoms with Gasteiger partial charge in [-0.3, -0.25) is 4.68 Å². The number of hydrogen-bond donors (Lipinski definition) is 1. The third-order valence-electron chi connectivity index (χ3n) is 4.20. The summed E-state index contributed by atoms with van der Waals surface area (Å²) < 4.78 is 12.9. The summed E-state index contributed by atoms with van der Waals surface area (Å²) >= 11 is 0. The third kappa shape index (κ3) is 2.79. The Morgan fingerprint density at radius 2 is 2.38 bits per heavy atom. The van der Waals surface area contributed by atoms with Gasteiger partial charge in [-0.2, -0.15) is 5.10 Å². The number of nitrogens with one attached hydrogen (secondary N) is 1. The molecule has 0 aromatic carbocycles. The summed E-state index contributed by atoms with van der Waals surface area (Å²) in [6.07, 6.45) is 2.84. The van der Waals surface area contributed by atoms with Crippen LogP contribution in [0.3, 0.4) is 0 Å². The number of ether oxygens (including phenoxy) is 2. The van der Waals surface area contributed by atoms with E-state index in [2.05, 4.69) is 21.5 Å². The molecule has 1 unspecified atom stereocenters. The van der Waals surface area contributed by atoms with Crippen LogP contribution < -0.4 is 5.32 Å². The Morgan fingerprint density at radius 1 is 1.52 bits per heavy atom. The van der Waals surface area contributed by atoms with E-state index in [1.54, 1.807) is 7.11 Å². The van der Waals surface area contributed by atoms with E-state index < -0.39 is 0 Å². The van der Waals surface area contributed by atoms with Crippen molar-refractivity contribution in [2.75, 3.05) is 26.9 Å². The SMILES string of the molecule is COC1(CNCc2cnc3c(c2)c(C)nn3C)CCOC1. The average Bonchev–Trinajstić information content (AvgIpc) is 3.06. The minimum Gasteiger partial charge on any atom is -0.378 e. The smallest absolute Gasteiger partial charge is 0.157 e. The van der Waals surface area contributed by atoms with Gasteiger partial charge >= 0.3 is 0 Å². The zero-order chi connectivity index (χ0) is 14.9. The number of pyridine rings is 1. The molecule has 0 bridgehead atoms. The molecule has 0 saturated carbocycles. The van der Waals surface area contributed by atoms with Gasteiger partial charge in [0, 0.05) is 51.9 Å². The monoisotopic (exact) mass is 290 g/mol. The van der Waals surface area contributed by atoms with Gasteiger partial charge in [-0.25, -0.2) is 4.98 Å². The molecule has 1 N–H and O–H groups in total. The van der Waals surface area contributed by atoms with Crippen LogP contribution in [0.15, 0.2) is 12.3 Å². The van der Waals surface area contributed by atoms with Gasteiger partial charge in [0.25, 0.3) is 0 Å². The van der Waals surface area contributed by atoms with E-state index in [1.165, 1.54) is 0 Å². The van der Waals surface area contributed by atoms with Crippen molar-refractivity contribution in [2.45, 2.75) is 25.5 Å². The Morgan fingerprint density at radius 3 is 3.10 bits per heavy atom. The molecule has 6 heteroatoms. The van der Waals surface area contributed by atoms with Gasteiger partial charge < -0.3 is 14.8 Å². The molecular formula is C15H22N4O2. The molecule has 0 radical (unpaired) electrons. The number of aromatic nitrogens is 3. The van der Waals surface area contributed by atoms with Gasteiger partial charge in [0.2, 0.25) is 0 Å². The number of nitrogens with zero attached hydrogens (tertiary/aromatic N) is 3. The number of aryl methyl sites for hydroxylation is 2. The van der Waals surface area contributed by atoms with Crippen LogP contribution >= 0.6 is 0 Å². The van der Waals surface area contributed by atoms with E-state index in [1.807, 2.05) is 24.9 Å². The Bertz CT molecular complexity index is 632. The molecule has 0 amide bonds. The molecule has 21 heavy (non-hydrogen) atoms. The molecule has 1 saturated heterocycles. The van der Waals surface area contributed by atoms with Crippen molar-refractivity contribution in [3.05, 3.63) is 23.5 Å². The summed E-state index contributed by atoms with van der Waals surface area (Å²) in [5, 5.41) is 8.96. The maximum absolute atomic E-state index is 5.61. The zero-order valence-corrected chi connectivity index (χ0v) is 12.8. The summed E-state index contributed by atoms with van der Waals surface area (Å²) in [6, 6.07) is 2.16.